The van der Waals surface area contributed by atoms with E-state index in [-0.39, 0.29) is 0 Å². The van der Waals surface area contributed by atoms with E-state index in [9.17, 15) is 4.21 Å². The van der Waals surface area contributed by atoms with Crippen molar-refractivity contribution in [1.29, 1.82) is 0 Å². The van der Waals surface area contributed by atoms with Crippen LogP contribution in [0.15, 0.2) is 24.3 Å². The third-order valence-electron chi connectivity index (χ3n) is 2.62. The quantitative estimate of drug-likeness (QED) is 0.835. The van der Waals surface area contributed by atoms with Crippen molar-refractivity contribution < 1.29 is 4.21 Å². The minimum atomic E-state index is -0.888. The van der Waals surface area contributed by atoms with Gasteiger partial charge in [0.1, 0.15) is 11.0 Å². The Labute approximate surface area is 93.7 Å². The largest absolute Gasteiger partial charge is 0.305 e. The molecular weight excluding hydrogens is 206 g/mol. The van der Waals surface area contributed by atoms with Crippen molar-refractivity contribution >= 4 is 16.7 Å². The molecule has 1 unspecified atom stereocenters. The summed E-state index contributed by atoms with van der Waals surface area (Å²) in [4.78, 5) is 0. The van der Waals surface area contributed by atoms with Crippen LogP contribution >= 0.6 is 0 Å². The molecular formula is C12H17NOS. The summed E-state index contributed by atoms with van der Waals surface area (Å²) >= 11 is 0. The van der Waals surface area contributed by atoms with Gasteiger partial charge in [0, 0.05) is 5.69 Å². The van der Waals surface area contributed by atoms with Gasteiger partial charge in [-0.2, -0.15) is 0 Å². The Balaban J connectivity index is 2.15. The molecule has 0 radical (unpaired) electrons. The normalized spacial score (nSPS) is 17.8. The number of nitrogens with one attached hydrogen (secondary N) is 1. The lowest BCUT2D eigenvalue weighted by molar-refractivity contribution is 0.685. The van der Waals surface area contributed by atoms with Gasteiger partial charge in [0.25, 0.3) is 0 Å². The molecule has 1 atom stereocenters. The SMILES string of the molecule is CC(C)c1ccccc1NS(=O)C1CC1. The van der Waals surface area contributed by atoms with E-state index in [0.29, 0.717) is 11.2 Å². The molecule has 3 heteroatoms. The summed E-state index contributed by atoms with van der Waals surface area (Å²) in [6.45, 7) is 4.31. The molecule has 0 spiro atoms. The third kappa shape index (κ3) is 2.59. The summed E-state index contributed by atoms with van der Waals surface area (Å²) in [6.07, 6.45) is 2.20. The van der Waals surface area contributed by atoms with Gasteiger partial charge in [0.2, 0.25) is 0 Å². The number of benzene rings is 1. The average Bonchev–Trinajstić information content (AvgIpc) is 3.01. The van der Waals surface area contributed by atoms with Crippen molar-refractivity contribution in [3.05, 3.63) is 29.8 Å². The van der Waals surface area contributed by atoms with Crippen LogP contribution in [0.4, 0.5) is 5.69 Å². The van der Waals surface area contributed by atoms with E-state index in [1.54, 1.807) is 0 Å². The van der Waals surface area contributed by atoms with Crippen LogP contribution in [0.2, 0.25) is 0 Å². The van der Waals surface area contributed by atoms with Gasteiger partial charge >= 0.3 is 0 Å². The van der Waals surface area contributed by atoms with E-state index < -0.39 is 11.0 Å². The Kier molecular flexibility index (Phi) is 3.10. The fourth-order valence-electron chi connectivity index (χ4n) is 1.57. The smallest absolute Gasteiger partial charge is 0.120 e. The highest BCUT2D eigenvalue weighted by atomic mass is 32.2. The lowest BCUT2D eigenvalue weighted by Gasteiger charge is -2.13. The van der Waals surface area contributed by atoms with E-state index in [4.69, 9.17) is 0 Å². The van der Waals surface area contributed by atoms with Crippen molar-refractivity contribution in [2.75, 3.05) is 4.72 Å². The van der Waals surface area contributed by atoms with Crippen LogP contribution in [0.3, 0.4) is 0 Å². The first-order valence-electron chi connectivity index (χ1n) is 5.44. The molecule has 1 aliphatic carbocycles. The molecule has 2 nitrogen and oxygen atoms in total. The van der Waals surface area contributed by atoms with Crippen LogP contribution in [-0.4, -0.2) is 9.46 Å². The van der Waals surface area contributed by atoms with Crippen LogP contribution in [0.25, 0.3) is 0 Å². The summed E-state index contributed by atoms with van der Waals surface area (Å²) in [6, 6.07) is 8.12. The van der Waals surface area contributed by atoms with Crippen molar-refractivity contribution in [3.63, 3.8) is 0 Å². The molecule has 15 heavy (non-hydrogen) atoms. The predicted octanol–water partition coefficient (Wildman–Crippen LogP) is 3.05. The van der Waals surface area contributed by atoms with Gasteiger partial charge in [-0.3, -0.25) is 0 Å². The summed E-state index contributed by atoms with van der Waals surface area (Å²) < 4.78 is 14.9. The fraction of sp³-hybridized carbons (Fsp3) is 0.500. The molecule has 0 saturated heterocycles. The Morgan fingerprint density at radius 1 is 1.33 bits per heavy atom. The standard InChI is InChI=1S/C12H17NOS/c1-9(2)11-5-3-4-6-12(11)13-15(14)10-7-8-10/h3-6,9-10,13H,7-8H2,1-2H3. The van der Waals surface area contributed by atoms with Gasteiger partial charge in [-0.1, -0.05) is 32.0 Å². The summed E-state index contributed by atoms with van der Waals surface area (Å²) in [5.74, 6) is 0.463. The van der Waals surface area contributed by atoms with E-state index in [2.05, 4.69) is 24.6 Å². The highest BCUT2D eigenvalue weighted by Gasteiger charge is 2.28. The lowest BCUT2D eigenvalue weighted by Crippen LogP contribution is -2.10. The minimum absolute atomic E-state index is 0.380. The van der Waals surface area contributed by atoms with Gasteiger partial charge in [-0.05, 0) is 30.4 Å². The number of hydrogen-bond acceptors (Lipinski definition) is 1. The molecule has 0 bridgehead atoms. The van der Waals surface area contributed by atoms with Crippen molar-refractivity contribution in [2.24, 2.45) is 0 Å². The molecule has 1 fully saturated rings. The molecule has 1 aromatic rings. The van der Waals surface area contributed by atoms with Crippen molar-refractivity contribution in [1.82, 2.24) is 0 Å². The maximum atomic E-state index is 11.7. The van der Waals surface area contributed by atoms with Crippen LogP contribution in [0, 0.1) is 0 Å². The summed E-state index contributed by atoms with van der Waals surface area (Å²) in [5, 5.41) is 0.380. The average molecular weight is 223 g/mol. The van der Waals surface area contributed by atoms with Crippen LogP contribution < -0.4 is 4.72 Å². The molecule has 1 saturated carbocycles. The summed E-state index contributed by atoms with van der Waals surface area (Å²) in [5.41, 5.74) is 2.27. The van der Waals surface area contributed by atoms with Crippen molar-refractivity contribution in [3.8, 4) is 0 Å². The number of para-hydroxylation sites is 1. The number of anilines is 1. The van der Waals surface area contributed by atoms with E-state index in [0.717, 1.165) is 18.5 Å². The number of hydrogen-bond donors (Lipinski definition) is 1. The zero-order valence-corrected chi connectivity index (χ0v) is 10.0. The van der Waals surface area contributed by atoms with Crippen LogP contribution in [0.5, 0.6) is 0 Å². The first-order valence-corrected chi connectivity index (χ1v) is 6.66. The second-order valence-corrected chi connectivity index (χ2v) is 5.81. The zero-order chi connectivity index (χ0) is 10.8. The molecule has 0 aliphatic heterocycles. The fourth-order valence-corrected chi connectivity index (χ4v) is 2.70. The van der Waals surface area contributed by atoms with E-state index in [1.807, 2.05) is 18.2 Å². The van der Waals surface area contributed by atoms with E-state index >= 15 is 0 Å². The second-order valence-electron chi connectivity index (χ2n) is 4.34. The first kappa shape index (κ1) is 10.7. The highest BCUT2D eigenvalue weighted by Crippen LogP contribution is 2.29. The Bertz CT molecular complexity index is 372. The maximum Gasteiger partial charge on any atom is 0.120 e. The predicted molar refractivity (Wildman–Crippen MR) is 65.3 cm³/mol. The molecule has 2 rings (SSSR count). The molecule has 82 valence electrons. The Morgan fingerprint density at radius 2 is 2.00 bits per heavy atom. The van der Waals surface area contributed by atoms with Gasteiger partial charge in [-0.25, -0.2) is 4.21 Å². The van der Waals surface area contributed by atoms with Gasteiger partial charge in [-0.15, -0.1) is 0 Å². The third-order valence-corrected chi connectivity index (χ3v) is 4.12. The first-order chi connectivity index (χ1) is 7.18. The summed E-state index contributed by atoms with van der Waals surface area (Å²) in [7, 11) is -0.888. The van der Waals surface area contributed by atoms with Gasteiger partial charge < -0.3 is 4.72 Å². The Hall–Kier alpha value is -0.830. The molecule has 1 aliphatic rings. The molecule has 1 N–H and O–H groups in total. The maximum absolute atomic E-state index is 11.7. The van der Waals surface area contributed by atoms with Gasteiger partial charge in [0.05, 0.1) is 5.25 Å². The molecule has 0 amide bonds. The second kappa shape index (κ2) is 4.35. The Morgan fingerprint density at radius 3 is 2.60 bits per heavy atom. The topological polar surface area (TPSA) is 29.1 Å². The van der Waals surface area contributed by atoms with Crippen LogP contribution in [-0.2, 0) is 11.0 Å². The van der Waals surface area contributed by atoms with E-state index in [1.165, 1.54) is 5.56 Å². The van der Waals surface area contributed by atoms with Gasteiger partial charge in [0.15, 0.2) is 0 Å². The number of rotatable bonds is 4. The minimum Gasteiger partial charge on any atom is -0.305 e. The zero-order valence-electron chi connectivity index (χ0n) is 9.19. The molecule has 0 aromatic heterocycles. The van der Waals surface area contributed by atoms with Crippen molar-refractivity contribution in [2.45, 2.75) is 37.9 Å². The monoisotopic (exact) mass is 223 g/mol. The highest BCUT2D eigenvalue weighted by molar-refractivity contribution is 7.87. The van der Waals surface area contributed by atoms with Crippen LogP contribution in [0.1, 0.15) is 38.2 Å². The lowest BCUT2D eigenvalue weighted by atomic mass is 10.0. The molecule has 1 aromatic carbocycles. The molecule has 0 heterocycles.